The van der Waals surface area contributed by atoms with Gasteiger partial charge < -0.3 is 10.7 Å². The van der Waals surface area contributed by atoms with Crippen LogP contribution < -0.4 is 10.7 Å². The van der Waals surface area contributed by atoms with E-state index < -0.39 is 29.6 Å². The lowest BCUT2D eigenvalue weighted by molar-refractivity contribution is -0.289. The average Bonchev–Trinajstić information content (AvgIpc) is 2.82. The number of alkyl halides is 3. The van der Waals surface area contributed by atoms with Gasteiger partial charge >= 0.3 is 18.1 Å². The molecule has 1 aromatic rings. The van der Waals surface area contributed by atoms with Crippen molar-refractivity contribution in [2.24, 2.45) is 16.4 Å². The number of hydrogen-bond acceptors (Lipinski definition) is 9. The van der Waals surface area contributed by atoms with E-state index in [1.807, 2.05) is 17.0 Å². The van der Waals surface area contributed by atoms with Crippen LogP contribution in [0.25, 0.3) is 0 Å². The highest BCUT2D eigenvalue weighted by Gasteiger charge is 2.45. The highest BCUT2D eigenvalue weighted by Crippen LogP contribution is 2.31. The number of anilines is 1. The van der Waals surface area contributed by atoms with E-state index in [0.717, 1.165) is 43.7 Å². The molecule has 206 valence electrons. The van der Waals surface area contributed by atoms with E-state index in [1.165, 1.54) is 0 Å². The monoisotopic (exact) mass is 527 g/mol. The van der Waals surface area contributed by atoms with Gasteiger partial charge in [0.1, 0.15) is 6.04 Å². The Labute approximate surface area is 215 Å². The maximum Gasteiger partial charge on any atom is 0.495 e. The topological polar surface area (TPSA) is 101 Å². The molecule has 2 unspecified atom stereocenters. The Kier molecular flexibility index (Phi) is 9.06. The third-order valence-electron chi connectivity index (χ3n) is 6.97. The largest absolute Gasteiger partial charge is 0.495 e. The molecule has 12 heteroatoms. The van der Waals surface area contributed by atoms with Gasteiger partial charge in [0.25, 0.3) is 0 Å². The third kappa shape index (κ3) is 7.35. The second-order valence-electron chi connectivity index (χ2n) is 10.7. The number of carbonyl (C=O) groups is 2. The molecule has 1 aromatic carbocycles. The molecule has 2 N–H and O–H groups in total. The fourth-order valence-electron chi connectivity index (χ4n) is 5.30. The van der Waals surface area contributed by atoms with Gasteiger partial charge in [0.05, 0.1) is 6.21 Å². The molecule has 0 bridgehead atoms. The Bertz CT molecular complexity index is 957. The van der Waals surface area contributed by atoms with Crippen LogP contribution in [0.4, 0.5) is 18.9 Å². The molecule has 2 aliphatic heterocycles. The molecule has 9 nitrogen and oxygen atoms in total. The predicted octanol–water partition coefficient (Wildman–Crippen LogP) is 2.93. The van der Waals surface area contributed by atoms with Gasteiger partial charge in [-0.2, -0.15) is 18.3 Å². The summed E-state index contributed by atoms with van der Waals surface area (Å²) in [5.74, 6) is 1.66. The Hall–Kier alpha value is -2.86. The summed E-state index contributed by atoms with van der Waals surface area (Å²) in [7, 11) is 0. The highest BCUT2D eigenvalue weighted by atomic mass is 19.4. The zero-order chi connectivity index (χ0) is 27.4. The minimum Gasteiger partial charge on any atom is -0.369 e. The molecule has 0 amide bonds. The summed E-state index contributed by atoms with van der Waals surface area (Å²) in [6.45, 7) is 11.4. The molecule has 2 saturated heterocycles. The number of benzene rings is 1. The van der Waals surface area contributed by atoms with Crippen molar-refractivity contribution in [3.63, 3.8) is 0 Å². The van der Waals surface area contributed by atoms with Gasteiger partial charge in [-0.1, -0.05) is 32.9 Å². The maximum absolute atomic E-state index is 12.6. The van der Waals surface area contributed by atoms with Crippen molar-refractivity contribution in [1.82, 2.24) is 9.80 Å². The first-order valence-electron chi connectivity index (χ1n) is 12.4. The fraction of sp³-hybridized carbons (Fsp3) is 0.640. The van der Waals surface area contributed by atoms with Crippen molar-refractivity contribution in [3.8, 4) is 0 Å². The van der Waals surface area contributed by atoms with Crippen LogP contribution in [0.1, 0.15) is 46.1 Å². The molecular weight excluding hydrogens is 491 g/mol. The summed E-state index contributed by atoms with van der Waals surface area (Å²) < 4.78 is 37.2. The van der Waals surface area contributed by atoms with E-state index in [4.69, 9.17) is 5.84 Å². The molecule has 0 aromatic heterocycles. The Morgan fingerprint density at radius 3 is 2.19 bits per heavy atom. The van der Waals surface area contributed by atoms with Crippen molar-refractivity contribution in [2.75, 3.05) is 37.6 Å². The highest BCUT2D eigenvalue weighted by molar-refractivity contribution is 5.80. The van der Waals surface area contributed by atoms with Crippen LogP contribution in [0.15, 0.2) is 29.4 Å². The summed E-state index contributed by atoms with van der Waals surface area (Å²) in [5.41, 5.74) is 1.45. The van der Waals surface area contributed by atoms with Crippen LogP contribution in [0.3, 0.4) is 0 Å². The predicted molar refractivity (Wildman–Crippen MR) is 133 cm³/mol. The summed E-state index contributed by atoms with van der Waals surface area (Å²) in [6, 6.07) is 7.90. The van der Waals surface area contributed by atoms with Crippen molar-refractivity contribution in [2.45, 2.75) is 64.8 Å². The summed E-state index contributed by atoms with van der Waals surface area (Å²) in [6.07, 6.45) is -2.02. The van der Waals surface area contributed by atoms with Gasteiger partial charge in [0, 0.05) is 50.5 Å². The first-order chi connectivity index (χ1) is 17.3. The number of nitrogens with two attached hydrogens (primary N) is 1. The first kappa shape index (κ1) is 28.7. The second-order valence-corrected chi connectivity index (χ2v) is 10.7. The molecule has 2 atom stereocenters. The van der Waals surface area contributed by atoms with Gasteiger partial charge in [-0.25, -0.2) is 19.4 Å². The van der Waals surface area contributed by atoms with E-state index in [-0.39, 0.29) is 0 Å². The molecule has 2 heterocycles. The lowest BCUT2D eigenvalue weighted by Gasteiger charge is -2.48. The molecule has 0 saturated carbocycles. The van der Waals surface area contributed by atoms with Crippen LogP contribution in [0, 0.1) is 5.41 Å². The molecule has 3 rings (SSSR count). The molecular formula is C25H36F3N5O4. The summed E-state index contributed by atoms with van der Waals surface area (Å²) >= 11 is 0. The van der Waals surface area contributed by atoms with E-state index >= 15 is 0 Å². The number of nitrogens with zero attached hydrogens (tertiary/aromatic N) is 4. The van der Waals surface area contributed by atoms with Crippen LogP contribution in [-0.4, -0.2) is 85.0 Å². The first-order valence-corrected chi connectivity index (χ1v) is 12.4. The second kappa shape index (κ2) is 11.7. The summed E-state index contributed by atoms with van der Waals surface area (Å²) in [5, 5.41) is 3.55. The number of piperazine rings is 1. The maximum atomic E-state index is 12.6. The average molecular weight is 528 g/mol. The quantitative estimate of drug-likeness (QED) is 0.270. The number of hydrazone groups is 1. The van der Waals surface area contributed by atoms with Crippen molar-refractivity contribution in [3.05, 3.63) is 29.8 Å². The zero-order valence-electron chi connectivity index (χ0n) is 21.7. The van der Waals surface area contributed by atoms with Gasteiger partial charge in [-0.3, -0.25) is 9.80 Å². The Morgan fingerprint density at radius 2 is 1.68 bits per heavy atom. The van der Waals surface area contributed by atoms with E-state index in [0.29, 0.717) is 25.2 Å². The number of rotatable bonds is 5. The lowest BCUT2D eigenvalue weighted by atomic mass is 9.84. The molecule has 0 aliphatic carbocycles. The number of hydrogen-bond donors (Lipinski definition) is 1. The molecule has 0 radical (unpaired) electrons. The van der Waals surface area contributed by atoms with Crippen molar-refractivity contribution in [1.29, 1.82) is 0 Å². The van der Waals surface area contributed by atoms with E-state index in [9.17, 15) is 22.8 Å². The van der Waals surface area contributed by atoms with E-state index in [2.05, 4.69) is 43.7 Å². The van der Waals surface area contributed by atoms with Gasteiger partial charge in [-0.15, -0.1) is 0 Å². The van der Waals surface area contributed by atoms with Crippen LogP contribution in [0.5, 0.6) is 0 Å². The van der Waals surface area contributed by atoms with Crippen LogP contribution >= 0.6 is 0 Å². The van der Waals surface area contributed by atoms with Gasteiger partial charge in [-0.05, 0) is 42.9 Å². The van der Waals surface area contributed by atoms with Crippen LogP contribution in [0.2, 0.25) is 0 Å². The van der Waals surface area contributed by atoms with Crippen LogP contribution in [-0.2, 0) is 19.4 Å². The van der Waals surface area contributed by atoms with E-state index in [1.54, 1.807) is 27.0 Å². The van der Waals surface area contributed by atoms with Gasteiger partial charge in [0.2, 0.25) is 0 Å². The minimum absolute atomic E-state index is 0.320. The normalized spacial score (nSPS) is 21.7. The molecule has 37 heavy (non-hydrogen) atoms. The molecule has 2 aliphatic rings. The number of carbonyl (C=O) groups excluding carboxylic acids is 2. The minimum atomic E-state index is -5.24. The van der Waals surface area contributed by atoms with Gasteiger partial charge in [0.15, 0.2) is 0 Å². The number of piperidine rings is 1. The van der Waals surface area contributed by atoms with Crippen molar-refractivity contribution >= 4 is 23.8 Å². The molecule has 2 fully saturated rings. The zero-order valence-corrected chi connectivity index (χ0v) is 21.7. The standard InChI is InChI=1S/C25H36F3N5O4/c1-17-16-32(19-7-5-18(6-8-19)15-30-29)13-14-33(17)20-9-11-31(12-10-20)21(24(2,3)4)22(34)36-37-23(35)25(26,27)28/h5-8,15,17,20-21H,9-14,16,29H2,1-4H3/b30-15+. The fourth-order valence-corrected chi connectivity index (χ4v) is 5.30. The number of likely N-dealkylation sites (tertiary alicyclic amines) is 1. The lowest BCUT2D eigenvalue weighted by Crippen LogP contribution is -2.59. The third-order valence-corrected chi connectivity index (χ3v) is 6.97. The Balaban J connectivity index is 1.56. The smallest absolute Gasteiger partial charge is 0.369 e. The van der Waals surface area contributed by atoms with Crippen molar-refractivity contribution < 1.29 is 32.5 Å². The number of halogens is 3. The SMILES string of the molecule is CC1CN(c2ccc(/C=N/N)cc2)CCN1C1CCN(C(C(=O)OOC(=O)C(F)(F)F)C(C)(C)C)CC1. The Morgan fingerprint density at radius 1 is 1.05 bits per heavy atom. The summed E-state index contributed by atoms with van der Waals surface area (Å²) in [4.78, 5) is 38.5. The molecule has 0 spiro atoms.